The number of nitrogens with one attached hydrogen (secondary N) is 1. The Morgan fingerprint density at radius 2 is 1.97 bits per heavy atom. The van der Waals surface area contributed by atoms with Crippen molar-refractivity contribution in [3.8, 4) is 5.75 Å². The number of phenols is 1. The summed E-state index contributed by atoms with van der Waals surface area (Å²) in [4.78, 5) is 45.3. The molecule has 3 aliphatic carbocycles. The molecule has 2 aliphatic heterocycles. The molecule has 1 aromatic carbocycles. The molecule has 5 aliphatic rings. The van der Waals surface area contributed by atoms with Gasteiger partial charge in [-0.1, -0.05) is 12.1 Å². The van der Waals surface area contributed by atoms with E-state index >= 15 is 0 Å². The summed E-state index contributed by atoms with van der Waals surface area (Å²) in [5, 5.41) is 23.0. The van der Waals surface area contributed by atoms with E-state index in [1.165, 1.54) is 17.7 Å². The topological polar surface area (TPSA) is 140 Å². The zero-order valence-electron chi connectivity index (χ0n) is 21.4. The smallest absolute Gasteiger partial charge is 0.261 e. The van der Waals surface area contributed by atoms with Gasteiger partial charge in [-0.05, 0) is 73.3 Å². The number of nitrogens with zero attached hydrogens (tertiary/aromatic N) is 2. The Bertz CT molecular complexity index is 1400. The highest BCUT2D eigenvalue weighted by Gasteiger charge is 2.70. The average molecular weight is 519 g/mol. The van der Waals surface area contributed by atoms with E-state index in [1.807, 2.05) is 12.1 Å². The first-order valence-corrected chi connectivity index (χ1v) is 13.8. The van der Waals surface area contributed by atoms with Crippen LogP contribution in [0.3, 0.4) is 0 Å². The number of primary amides is 1. The summed E-state index contributed by atoms with van der Waals surface area (Å²) in [6.45, 7) is 2.32. The molecule has 2 saturated heterocycles. The van der Waals surface area contributed by atoms with Gasteiger partial charge in [0.2, 0.25) is 5.91 Å². The lowest BCUT2D eigenvalue weighted by atomic mass is 9.60. The number of aromatic hydroxyl groups is 1. The van der Waals surface area contributed by atoms with Gasteiger partial charge >= 0.3 is 0 Å². The fourth-order valence-corrected chi connectivity index (χ4v) is 8.18. The summed E-state index contributed by atoms with van der Waals surface area (Å²) in [5.41, 5.74) is 5.62. The number of amides is 2. The van der Waals surface area contributed by atoms with Gasteiger partial charge in [0, 0.05) is 49.6 Å². The van der Waals surface area contributed by atoms with Crippen LogP contribution in [0.25, 0.3) is 0 Å². The first-order chi connectivity index (χ1) is 18.2. The van der Waals surface area contributed by atoms with E-state index in [4.69, 9.17) is 5.73 Å². The molecule has 5 atom stereocenters. The van der Waals surface area contributed by atoms with Crippen LogP contribution in [-0.2, 0) is 23.1 Å². The first-order valence-electron chi connectivity index (χ1n) is 13.8. The van der Waals surface area contributed by atoms with Crippen LogP contribution in [0.4, 0.5) is 0 Å². The molecule has 5 N–H and O–H groups in total. The molecule has 2 saturated carbocycles. The number of likely N-dealkylation sites (tertiary alicyclic amines) is 2. The molecule has 200 valence electrons. The van der Waals surface area contributed by atoms with Crippen molar-refractivity contribution >= 4 is 11.8 Å². The van der Waals surface area contributed by atoms with Gasteiger partial charge in [-0.3, -0.25) is 19.3 Å². The van der Waals surface area contributed by atoms with Crippen molar-refractivity contribution in [1.29, 1.82) is 0 Å². The Morgan fingerprint density at radius 1 is 1.16 bits per heavy atom. The molecule has 2 amide bonds. The Morgan fingerprint density at radius 3 is 2.71 bits per heavy atom. The van der Waals surface area contributed by atoms with Crippen molar-refractivity contribution in [3.63, 3.8) is 0 Å². The van der Waals surface area contributed by atoms with Gasteiger partial charge in [0.1, 0.15) is 17.4 Å². The maximum atomic E-state index is 13.4. The lowest BCUT2D eigenvalue weighted by Crippen LogP contribution is -2.68. The summed E-state index contributed by atoms with van der Waals surface area (Å²) in [6, 6.07) is 8.08. The number of H-pyrrole nitrogens is 1. The number of aromatic amines is 1. The molecule has 38 heavy (non-hydrogen) atoms. The zero-order chi connectivity index (χ0) is 26.4. The molecule has 7 rings (SSSR count). The number of aromatic nitrogens is 1. The average Bonchev–Trinajstić information content (AvgIpc) is 3.48. The van der Waals surface area contributed by atoms with Gasteiger partial charge in [-0.2, -0.15) is 0 Å². The predicted octanol–water partition coefficient (Wildman–Crippen LogP) is 1.05. The number of aliphatic hydroxyl groups is 1. The van der Waals surface area contributed by atoms with Crippen molar-refractivity contribution < 1.29 is 19.8 Å². The summed E-state index contributed by atoms with van der Waals surface area (Å²) in [7, 11) is 0. The molecule has 0 radical (unpaired) electrons. The summed E-state index contributed by atoms with van der Waals surface area (Å²) < 4.78 is 0. The maximum absolute atomic E-state index is 13.4. The number of hydrogen-bond acceptors (Lipinski definition) is 6. The minimum absolute atomic E-state index is 0.0108. The highest BCUT2D eigenvalue weighted by molar-refractivity contribution is 5.97. The second kappa shape index (κ2) is 8.16. The predicted molar refractivity (Wildman–Crippen MR) is 139 cm³/mol. The van der Waals surface area contributed by atoms with Crippen LogP contribution in [0.15, 0.2) is 35.1 Å². The molecule has 1 aromatic heterocycles. The van der Waals surface area contributed by atoms with Crippen molar-refractivity contribution in [3.05, 3.63) is 63.1 Å². The fraction of sp³-hybridized carbons (Fsp3) is 0.552. The quantitative estimate of drug-likeness (QED) is 0.467. The van der Waals surface area contributed by atoms with Crippen LogP contribution in [0.1, 0.15) is 59.3 Å². The van der Waals surface area contributed by atoms with E-state index in [9.17, 15) is 24.6 Å². The Labute approximate surface area is 220 Å². The lowest BCUT2D eigenvalue weighted by molar-refractivity contribution is -0.121. The SMILES string of the molecule is NC(=O)[C@@H]1CCCN1C(=O)c1cc2c([nH]c1=O)C[C@@]1(c3cccc(O)c3)CC3CN(CC4CC4)[C@H]3[C@]1(O)C2. The second-order valence-electron chi connectivity index (χ2n) is 12.3. The molecular formula is C29H34N4O5. The molecule has 4 fully saturated rings. The number of pyridine rings is 1. The van der Waals surface area contributed by atoms with E-state index in [1.54, 1.807) is 18.2 Å². The van der Waals surface area contributed by atoms with Crippen LogP contribution in [0.5, 0.6) is 5.75 Å². The number of hydrogen-bond donors (Lipinski definition) is 4. The lowest BCUT2D eigenvalue weighted by Gasteiger charge is -2.54. The van der Waals surface area contributed by atoms with E-state index in [2.05, 4.69) is 9.88 Å². The van der Waals surface area contributed by atoms with Crippen molar-refractivity contribution in [2.45, 2.75) is 68.0 Å². The monoisotopic (exact) mass is 518 g/mol. The van der Waals surface area contributed by atoms with Crippen LogP contribution in [0, 0.1) is 11.8 Å². The third-order valence-electron chi connectivity index (χ3n) is 10.1. The van der Waals surface area contributed by atoms with Gasteiger partial charge in [0.15, 0.2) is 0 Å². The minimum Gasteiger partial charge on any atom is -0.508 e. The highest BCUT2D eigenvalue weighted by Crippen LogP contribution is 2.62. The number of carbonyl (C=O) groups is 2. The van der Waals surface area contributed by atoms with Crippen LogP contribution in [0.2, 0.25) is 0 Å². The normalized spacial score (nSPS) is 33.8. The number of fused-ring (bicyclic) bond motifs is 4. The van der Waals surface area contributed by atoms with E-state index in [0.717, 1.165) is 36.3 Å². The molecule has 9 nitrogen and oxygen atoms in total. The number of benzene rings is 1. The Balaban J connectivity index is 1.30. The molecule has 0 spiro atoms. The summed E-state index contributed by atoms with van der Waals surface area (Å²) in [5.74, 6) is 0.126. The van der Waals surface area contributed by atoms with Crippen LogP contribution in [-0.4, -0.2) is 74.1 Å². The highest BCUT2D eigenvalue weighted by atomic mass is 16.3. The summed E-state index contributed by atoms with van der Waals surface area (Å²) in [6.07, 6.45) is 5.13. The Hall–Kier alpha value is -3.17. The fourth-order valence-electron chi connectivity index (χ4n) is 8.18. The van der Waals surface area contributed by atoms with E-state index < -0.39 is 34.4 Å². The molecule has 0 bridgehead atoms. The van der Waals surface area contributed by atoms with Gasteiger partial charge < -0.3 is 25.8 Å². The van der Waals surface area contributed by atoms with Crippen LogP contribution >= 0.6 is 0 Å². The Kier molecular flexibility index (Phi) is 5.14. The molecule has 1 unspecified atom stereocenters. The van der Waals surface area contributed by atoms with Crippen molar-refractivity contribution in [2.75, 3.05) is 19.6 Å². The second-order valence-corrected chi connectivity index (χ2v) is 12.3. The van der Waals surface area contributed by atoms with Gasteiger partial charge in [-0.25, -0.2) is 0 Å². The number of nitrogens with two attached hydrogens (primary N) is 1. The van der Waals surface area contributed by atoms with Crippen molar-refractivity contribution in [1.82, 2.24) is 14.8 Å². The third kappa shape index (κ3) is 3.34. The molecule has 3 heterocycles. The number of phenolic OH excluding ortho intramolecular Hbond substituents is 1. The van der Waals surface area contributed by atoms with Gasteiger partial charge in [0.25, 0.3) is 11.5 Å². The maximum Gasteiger partial charge on any atom is 0.261 e. The van der Waals surface area contributed by atoms with Gasteiger partial charge in [-0.15, -0.1) is 0 Å². The number of rotatable bonds is 5. The van der Waals surface area contributed by atoms with Gasteiger partial charge in [0.05, 0.1) is 5.60 Å². The standard InChI is InChI=1S/C29H34N4O5/c30-25(35)23-5-2-8-33(23)27(37)21-9-17-12-29(38)24-18(15-32(24)14-16-6-7-16)11-28(29,13-22(17)31-26(21)36)19-3-1-4-20(34)10-19/h1,3-4,9-10,16,18,23-24,34,38H,2,5-8,11-15H2,(H2,30,35)(H,31,36)/t18?,23-,24+,28+,29+/m0/s1. The number of carbonyl (C=O) groups excluding carboxylic acids is 2. The van der Waals surface area contributed by atoms with E-state index in [0.29, 0.717) is 44.1 Å². The van der Waals surface area contributed by atoms with Crippen LogP contribution < -0.4 is 11.3 Å². The minimum atomic E-state index is -1.12. The van der Waals surface area contributed by atoms with Crippen molar-refractivity contribution in [2.24, 2.45) is 17.6 Å². The first kappa shape index (κ1) is 23.9. The molecule has 9 heteroatoms. The zero-order valence-corrected chi connectivity index (χ0v) is 21.4. The largest absolute Gasteiger partial charge is 0.508 e. The molecule has 2 aromatic rings. The molecular weight excluding hydrogens is 484 g/mol. The summed E-state index contributed by atoms with van der Waals surface area (Å²) >= 11 is 0. The van der Waals surface area contributed by atoms with E-state index in [-0.39, 0.29) is 17.4 Å². The third-order valence-corrected chi connectivity index (χ3v) is 10.1.